The number of hydrogen-bond donors (Lipinski definition) is 1. The molecule has 0 bridgehead atoms. The standard InChI is InChI=1S/C30H33ClFN3O4S/c1-22(30(37)33-24-13-4-2-5-14-24)34(20-23-12-8-10-18-27(23)32)29(36)21-35(28-19-11-9-17-26(28)31)40(38,39)25-15-6-3-7-16-25/h3,6-12,15-19,22,24H,2,4-5,13-14,20-21H2,1H3,(H,33,37). The number of para-hydroxylation sites is 1. The first kappa shape index (κ1) is 29.6. The van der Waals surface area contributed by atoms with E-state index in [1.165, 1.54) is 47.4 Å². The molecule has 0 heterocycles. The number of rotatable bonds is 10. The molecule has 3 aromatic rings. The van der Waals surface area contributed by atoms with Crippen LogP contribution in [0.2, 0.25) is 5.02 Å². The molecule has 3 aromatic carbocycles. The minimum Gasteiger partial charge on any atom is -0.352 e. The highest BCUT2D eigenvalue weighted by atomic mass is 35.5. The molecule has 0 spiro atoms. The maximum Gasteiger partial charge on any atom is 0.264 e. The number of carbonyl (C=O) groups excluding carboxylic acids is 2. The first-order valence-electron chi connectivity index (χ1n) is 13.3. The van der Waals surface area contributed by atoms with Crippen LogP contribution in [0, 0.1) is 5.82 Å². The highest BCUT2D eigenvalue weighted by molar-refractivity contribution is 7.92. The third-order valence-corrected chi connectivity index (χ3v) is 9.24. The van der Waals surface area contributed by atoms with E-state index in [2.05, 4.69) is 5.32 Å². The van der Waals surface area contributed by atoms with Crippen molar-refractivity contribution in [2.75, 3.05) is 10.8 Å². The van der Waals surface area contributed by atoms with Crippen LogP contribution in [0.1, 0.15) is 44.6 Å². The van der Waals surface area contributed by atoms with Crippen LogP contribution < -0.4 is 9.62 Å². The van der Waals surface area contributed by atoms with Gasteiger partial charge in [0.1, 0.15) is 18.4 Å². The molecule has 1 fully saturated rings. The SMILES string of the molecule is CC(C(=O)NC1CCCCC1)N(Cc1ccccc1F)C(=O)CN(c1ccccc1Cl)S(=O)(=O)c1ccccc1. The summed E-state index contributed by atoms with van der Waals surface area (Å²) >= 11 is 6.40. The van der Waals surface area contributed by atoms with E-state index in [4.69, 9.17) is 11.6 Å². The number of amides is 2. The number of benzene rings is 3. The van der Waals surface area contributed by atoms with Gasteiger partial charge in [-0.1, -0.05) is 79.4 Å². The Labute approximate surface area is 240 Å². The second-order valence-electron chi connectivity index (χ2n) is 9.91. The Kier molecular flexibility index (Phi) is 9.81. The van der Waals surface area contributed by atoms with Crippen molar-refractivity contribution in [3.8, 4) is 0 Å². The molecular weight excluding hydrogens is 553 g/mol. The van der Waals surface area contributed by atoms with Crippen molar-refractivity contribution >= 4 is 39.1 Å². The molecule has 0 saturated heterocycles. The van der Waals surface area contributed by atoms with E-state index < -0.39 is 34.3 Å². The summed E-state index contributed by atoms with van der Waals surface area (Å²) in [5, 5.41) is 3.16. The average molecular weight is 586 g/mol. The lowest BCUT2D eigenvalue weighted by Crippen LogP contribution is -2.53. The summed E-state index contributed by atoms with van der Waals surface area (Å²) in [5.74, 6) is -1.57. The predicted octanol–water partition coefficient (Wildman–Crippen LogP) is 5.54. The van der Waals surface area contributed by atoms with E-state index in [9.17, 15) is 22.4 Å². The second-order valence-corrected chi connectivity index (χ2v) is 12.2. The van der Waals surface area contributed by atoms with Gasteiger partial charge in [0.2, 0.25) is 11.8 Å². The zero-order valence-corrected chi connectivity index (χ0v) is 23.9. The van der Waals surface area contributed by atoms with Crippen LogP contribution in [0.15, 0.2) is 83.8 Å². The Morgan fingerprint density at radius 1 is 0.950 bits per heavy atom. The van der Waals surface area contributed by atoms with E-state index in [1.54, 1.807) is 43.3 Å². The average Bonchev–Trinajstić information content (AvgIpc) is 2.96. The lowest BCUT2D eigenvalue weighted by Gasteiger charge is -2.33. The lowest BCUT2D eigenvalue weighted by molar-refractivity contribution is -0.139. The van der Waals surface area contributed by atoms with Gasteiger partial charge in [0, 0.05) is 18.2 Å². The van der Waals surface area contributed by atoms with E-state index in [0.29, 0.717) is 0 Å². The van der Waals surface area contributed by atoms with Gasteiger partial charge in [0.05, 0.1) is 15.6 Å². The van der Waals surface area contributed by atoms with Crippen LogP contribution in [0.3, 0.4) is 0 Å². The molecule has 2 amide bonds. The van der Waals surface area contributed by atoms with Crippen molar-refractivity contribution in [2.24, 2.45) is 0 Å². The number of sulfonamides is 1. The molecule has 1 aliphatic rings. The molecule has 212 valence electrons. The third-order valence-electron chi connectivity index (χ3n) is 7.15. The summed E-state index contributed by atoms with van der Waals surface area (Å²) in [6.07, 6.45) is 4.86. The van der Waals surface area contributed by atoms with Crippen molar-refractivity contribution in [3.63, 3.8) is 0 Å². The van der Waals surface area contributed by atoms with Crippen LogP contribution in [-0.4, -0.2) is 43.8 Å². The molecule has 1 atom stereocenters. The van der Waals surface area contributed by atoms with Gasteiger partial charge in [-0.15, -0.1) is 0 Å². The quantitative estimate of drug-likeness (QED) is 0.338. The molecule has 0 aromatic heterocycles. The molecule has 1 saturated carbocycles. The molecule has 10 heteroatoms. The number of anilines is 1. The summed E-state index contributed by atoms with van der Waals surface area (Å²) in [5.41, 5.74) is 0.329. The van der Waals surface area contributed by atoms with Crippen molar-refractivity contribution < 1.29 is 22.4 Å². The predicted molar refractivity (Wildman–Crippen MR) is 154 cm³/mol. The van der Waals surface area contributed by atoms with Crippen LogP contribution in [-0.2, 0) is 26.2 Å². The molecular formula is C30H33ClFN3O4S. The smallest absolute Gasteiger partial charge is 0.264 e. The Morgan fingerprint density at radius 2 is 1.57 bits per heavy atom. The molecule has 1 N–H and O–H groups in total. The highest BCUT2D eigenvalue weighted by Gasteiger charge is 2.34. The largest absolute Gasteiger partial charge is 0.352 e. The van der Waals surface area contributed by atoms with Gasteiger partial charge in [-0.3, -0.25) is 13.9 Å². The Bertz CT molecular complexity index is 1430. The first-order chi connectivity index (χ1) is 19.2. The normalized spacial score (nSPS) is 14.8. The summed E-state index contributed by atoms with van der Waals surface area (Å²) in [7, 11) is -4.23. The summed E-state index contributed by atoms with van der Waals surface area (Å²) < 4.78 is 43.2. The number of nitrogens with one attached hydrogen (secondary N) is 1. The number of halogens is 2. The van der Waals surface area contributed by atoms with Crippen molar-refractivity contribution in [2.45, 2.75) is 62.6 Å². The van der Waals surface area contributed by atoms with E-state index in [-0.39, 0.29) is 39.7 Å². The number of carbonyl (C=O) groups is 2. The van der Waals surface area contributed by atoms with Crippen LogP contribution in [0.25, 0.3) is 0 Å². The second kappa shape index (κ2) is 13.3. The minimum atomic E-state index is -4.23. The van der Waals surface area contributed by atoms with Crippen molar-refractivity contribution in [3.05, 3.63) is 95.3 Å². The monoisotopic (exact) mass is 585 g/mol. The van der Waals surface area contributed by atoms with Gasteiger partial charge in [-0.25, -0.2) is 12.8 Å². The van der Waals surface area contributed by atoms with E-state index in [1.807, 2.05) is 0 Å². The summed E-state index contributed by atoms with van der Waals surface area (Å²) in [6, 6.07) is 19.1. The molecule has 7 nitrogen and oxygen atoms in total. The third kappa shape index (κ3) is 7.01. The van der Waals surface area contributed by atoms with Gasteiger partial charge < -0.3 is 10.2 Å². The zero-order valence-electron chi connectivity index (χ0n) is 22.3. The summed E-state index contributed by atoms with van der Waals surface area (Å²) in [6.45, 7) is 0.714. The van der Waals surface area contributed by atoms with Gasteiger partial charge >= 0.3 is 0 Å². The highest BCUT2D eigenvalue weighted by Crippen LogP contribution is 2.31. The Morgan fingerprint density at radius 3 is 2.25 bits per heavy atom. The fourth-order valence-corrected chi connectivity index (χ4v) is 6.59. The number of nitrogens with zero attached hydrogens (tertiary/aromatic N) is 2. The van der Waals surface area contributed by atoms with Crippen molar-refractivity contribution in [1.82, 2.24) is 10.2 Å². The van der Waals surface area contributed by atoms with Crippen LogP contribution in [0.5, 0.6) is 0 Å². The van der Waals surface area contributed by atoms with Crippen LogP contribution in [0.4, 0.5) is 10.1 Å². The Hall–Kier alpha value is -3.43. The fraction of sp³-hybridized carbons (Fsp3) is 0.333. The molecule has 4 rings (SSSR count). The minimum absolute atomic E-state index is 0.00666. The molecule has 40 heavy (non-hydrogen) atoms. The van der Waals surface area contributed by atoms with Gasteiger partial charge in [0.25, 0.3) is 10.0 Å². The molecule has 1 unspecified atom stereocenters. The lowest BCUT2D eigenvalue weighted by atomic mass is 9.95. The van der Waals surface area contributed by atoms with Gasteiger partial charge in [-0.05, 0) is 50.1 Å². The maximum atomic E-state index is 14.7. The Balaban J connectivity index is 1.68. The van der Waals surface area contributed by atoms with E-state index >= 15 is 0 Å². The summed E-state index contributed by atoms with van der Waals surface area (Å²) in [4.78, 5) is 28.5. The topological polar surface area (TPSA) is 86.8 Å². The maximum absolute atomic E-state index is 14.7. The number of hydrogen-bond acceptors (Lipinski definition) is 4. The zero-order chi connectivity index (χ0) is 28.7. The van der Waals surface area contributed by atoms with Crippen molar-refractivity contribution in [1.29, 1.82) is 0 Å². The fourth-order valence-electron chi connectivity index (χ4n) is 4.85. The van der Waals surface area contributed by atoms with Gasteiger partial charge in [0.15, 0.2) is 0 Å². The molecule has 0 radical (unpaired) electrons. The molecule has 0 aliphatic heterocycles. The van der Waals surface area contributed by atoms with Crippen LogP contribution >= 0.6 is 11.6 Å². The first-order valence-corrected chi connectivity index (χ1v) is 15.2. The van der Waals surface area contributed by atoms with Gasteiger partial charge in [-0.2, -0.15) is 0 Å². The molecule has 1 aliphatic carbocycles. The van der Waals surface area contributed by atoms with E-state index in [0.717, 1.165) is 36.4 Å².